The van der Waals surface area contributed by atoms with Crippen molar-refractivity contribution in [1.29, 1.82) is 5.41 Å². The van der Waals surface area contributed by atoms with Crippen molar-refractivity contribution in [3.63, 3.8) is 0 Å². The first-order chi connectivity index (χ1) is 9.19. The van der Waals surface area contributed by atoms with Gasteiger partial charge in [-0.3, -0.25) is 10.3 Å². The Balaban J connectivity index is 1.91. The lowest BCUT2D eigenvalue weighted by atomic mass is 9.98. The molecule has 1 aromatic rings. The second-order valence-corrected chi connectivity index (χ2v) is 5.31. The Morgan fingerprint density at radius 1 is 1.42 bits per heavy atom. The van der Waals surface area contributed by atoms with Crippen molar-refractivity contribution in [2.75, 3.05) is 26.8 Å². The van der Waals surface area contributed by atoms with Crippen LogP contribution in [0, 0.1) is 11.3 Å². The number of likely N-dealkylation sites (tertiary alicyclic amines) is 1. The number of nitrogens with two attached hydrogens (primary N) is 1. The molecular formula is C15H23N3O. The zero-order valence-electron chi connectivity index (χ0n) is 11.6. The van der Waals surface area contributed by atoms with Crippen LogP contribution in [0.25, 0.3) is 0 Å². The van der Waals surface area contributed by atoms with Crippen LogP contribution < -0.4 is 5.73 Å². The van der Waals surface area contributed by atoms with Gasteiger partial charge < -0.3 is 10.5 Å². The van der Waals surface area contributed by atoms with Crippen LogP contribution in [0.4, 0.5) is 0 Å². The monoisotopic (exact) mass is 261 g/mol. The molecule has 1 aliphatic heterocycles. The lowest BCUT2D eigenvalue weighted by molar-refractivity contribution is 0.0874. The van der Waals surface area contributed by atoms with Crippen LogP contribution in [0.3, 0.4) is 0 Å². The van der Waals surface area contributed by atoms with Gasteiger partial charge in [-0.1, -0.05) is 24.3 Å². The second kappa shape index (κ2) is 6.68. The molecule has 104 valence electrons. The molecule has 4 heteroatoms. The zero-order chi connectivity index (χ0) is 13.7. The van der Waals surface area contributed by atoms with E-state index in [2.05, 4.69) is 17.0 Å². The van der Waals surface area contributed by atoms with Gasteiger partial charge >= 0.3 is 0 Å². The summed E-state index contributed by atoms with van der Waals surface area (Å²) in [5, 5.41) is 7.38. The van der Waals surface area contributed by atoms with Gasteiger partial charge in [0.1, 0.15) is 5.84 Å². The Morgan fingerprint density at radius 3 is 2.79 bits per heavy atom. The third-order valence-corrected chi connectivity index (χ3v) is 3.68. The normalized spacial score (nSPS) is 20.4. The summed E-state index contributed by atoms with van der Waals surface area (Å²) < 4.78 is 5.26. The number of ether oxygens (including phenoxy) is 1. The molecular weight excluding hydrogens is 238 g/mol. The third kappa shape index (κ3) is 4.04. The van der Waals surface area contributed by atoms with Crippen molar-refractivity contribution in [3.05, 3.63) is 35.4 Å². The summed E-state index contributed by atoms with van der Waals surface area (Å²) in [6.07, 6.45) is 2.52. The number of nitrogens with zero attached hydrogens (tertiary/aromatic N) is 1. The summed E-state index contributed by atoms with van der Waals surface area (Å²) in [6, 6.07) is 7.98. The summed E-state index contributed by atoms with van der Waals surface area (Å²) in [7, 11) is 1.78. The van der Waals surface area contributed by atoms with Crippen molar-refractivity contribution >= 4 is 5.84 Å². The van der Waals surface area contributed by atoms with Gasteiger partial charge in [-0.2, -0.15) is 0 Å². The first-order valence-electron chi connectivity index (χ1n) is 6.83. The molecule has 1 unspecified atom stereocenters. The minimum absolute atomic E-state index is 0.129. The number of amidine groups is 1. The maximum absolute atomic E-state index is 7.38. The Bertz CT molecular complexity index is 414. The number of nitrogen functional groups attached to an aromatic ring is 1. The fourth-order valence-corrected chi connectivity index (χ4v) is 2.71. The summed E-state index contributed by atoms with van der Waals surface area (Å²) in [5.74, 6) is 0.792. The fraction of sp³-hybridized carbons (Fsp3) is 0.533. The van der Waals surface area contributed by atoms with E-state index in [4.69, 9.17) is 15.9 Å². The maximum atomic E-state index is 7.38. The van der Waals surface area contributed by atoms with Gasteiger partial charge in [0.05, 0.1) is 6.61 Å². The van der Waals surface area contributed by atoms with E-state index in [-0.39, 0.29) is 5.84 Å². The topological polar surface area (TPSA) is 62.3 Å². The van der Waals surface area contributed by atoms with Gasteiger partial charge in [-0.15, -0.1) is 0 Å². The first-order valence-corrected chi connectivity index (χ1v) is 6.83. The highest BCUT2D eigenvalue weighted by atomic mass is 16.5. The number of nitrogens with one attached hydrogen (secondary N) is 1. The highest BCUT2D eigenvalue weighted by Crippen LogP contribution is 2.18. The molecule has 3 N–H and O–H groups in total. The smallest absolute Gasteiger partial charge is 0.122 e. The van der Waals surface area contributed by atoms with Crippen LogP contribution in [0.15, 0.2) is 24.3 Å². The van der Waals surface area contributed by atoms with Gasteiger partial charge in [0, 0.05) is 25.8 Å². The lowest BCUT2D eigenvalue weighted by Gasteiger charge is -2.32. The summed E-state index contributed by atoms with van der Waals surface area (Å²) >= 11 is 0. The Kier molecular flexibility index (Phi) is 4.93. The number of benzene rings is 1. The number of hydrogen-bond acceptors (Lipinski definition) is 3. The van der Waals surface area contributed by atoms with Crippen LogP contribution in [-0.4, -0.2) is 37.5 Å². The first kappa shape index (κ1) is 14.0. The van der Waals surface area contributed by atoms with Crippen molar-refractivity contribution in [2.45, 2.75) is 19.4 Å². The average molecular weight is 261 g/mol. The molecule has 0 saturated carbocycles. The molecule has 19 heavy (non-hydrogen) atoms. The van der Waals surface area contributed by atoms with Crippen molar-refractivity contribution < 1.29 is 4.74 Å². The fourth-order valence-electron chi connectivity index (χ4n) is 2.71. The van der Waals surface area contributed by atoms with E-state index in [0.717, 1.165) is 31.8 Å². The van der Waals surface area contributed by atoms with E-state index in [9.17, 15) is 0 Å². The third-order valence-electron chi connectivity index (χ3n) is 3.68. The van der Waals surface area contributed by atoms with Crippen molar-refractivity contribution in [2.24, 2.45) is 11.7 Å². The summed E-state index contributed by atoms with van der Waals surface area (Å²) in [5.41, 5.74) is 7.53. The predicted octanol–water partition coefficient (Wildman–Crippen LogP) is 1.83. The zero-order valence-corrected chi connectivity index (χ0v) is 11.6. The molecule has 1 heterocycles. The van der Waals surface area contributed by atoms with Crippen LogP contribution in [0.2, 0.25) is 0 Å². The van der Waals surface area contributed by atoms with Crippen LogP contribution >= 0.6 is 0 Å². The molecule has 0 spiro atoms. The maximum Gasteiger partial charge on any atom is 0.122 e. The molecule has 0 amide bonds. The van der Waals surface area contributed by atoms with Gasteiger partial charge in [0.2, 0.25) is 0 Å². The van der Waals surface area contributed by atoms with E-state index in [1.165, 1.54) is 18.4 Å². The molecule has 1 aliphatic rings. The van der Waals surface area contributed by atoms with Gasteiger partial charge in [0.15, 0.2) is 0 Å². The van der Waals surface area contributed by atoms with Gasteiger partial charge in [-0.05, 0) is 30.9 Å². The van der Waals surface area contributed by atoms with E-state index in [1.807, 2.05) is 12.1 Å². The lowest BCUT2D eigenvalue weighted by Crippen LogP contribution is -2.36. The Hall–Kier alpha value is -1.39. The standard InChI is InChI=1S/C15H23N3O/c1-19-11-13-3-2-8-18(10-13)9-12-4-6-14(7-5-12)15(16)17/h4-7,13H,2-3,8-11H2,1H3,(H3,16,17). The predicted molar refractivity (Wildman–Crippen MR) is 77.3 cm³/mol. The van der Waals surface area contributed by atoms with Crippen molar-refractivity contribution in [3.8, 4) is 0 Å². The van der Waals surface area contributed by atoms with Gasteiger partial charge in [-0.25, -0.2) is 0 Å². The molecule has 1 aromatic carbocycles. The van der Waals surface area contributed by atoms with Crippen molar-refractivity contribution in [1.82, 2.24) is 4.90 Å². The van der Waals surface area contributed by atoms with E-state index in [1.54, 1.807) is 7.11 Å². The Morgan fingerprint density at radius 2 is 2.16 bits per heavy atom. The molecule has 4 nitrogen and oxygen atoms in total. The largest absolute Gasteiger partial charge is 0.384 e. The molecule has 1 saturated heterocycles. The van der Waals surface area contributed by atoms with E-state index >= 15 is 0 Å². The van der Waals surface area contributed by atoms with Crippen LogP contribution in [0.1, 0.15) is 24.0 Å². The molecule has 0 aliphatic carbocycles. The summed E-state index contributed by atoms with van der Waals surface area (Å²) in [4.78, 5) is 2.48. The molecule has 1 atom stereocenters. The molecule has 1 fully saturated rings. The van der Waals surface area contributed by atoms with Crippen LogP contribution in [-0.2, 0) is 11.3 Å². The van der Waals surface area contributed by atoms with E-state index < -0.39 is 0 Å². The minimum atomic E-state index is 0.129. The highest BCUT2D eigenvalue weighted by molar-refractivity contribution is 5.94. The number of piperidine rings is 1. The highest BCUT2D eigenvalue weighted by Gasteiger charge is 2.19. The quantitative estimate of drug-likeness (QED) is 0.628. The number of methoxy groups -OCH3 is 1. The van der Waals surface area contributed by atoms with E-state index in [0.29, 0.717) is 5.92 Å². The second-order valence-electron chi connectivity index (χ2n) is 5.31. The molecule has 2 rings (SSSR count). The molecule has 0 aromatic heterocycles. The van der Waals surface area contributed by atoms with Crippen LogP contribution in [0.5, 0.6) is 0 Å². The molecule has 0 radical (unpaired) electrons. The average Bonchev–Trinajstić information content (AvgIpc) is 2.40. The SMILES string of the molecule is COCC1CCCN(Cc2ccc(C(=N)N)cc2)C1. The molecule has 0 bridgehead atoms. The summed E-state index contributed by atoms with van der Waals surface area (Å²) in [6.45, 7) is 4.11. The number of hydrogen-bond donors (Lipinski definition) is 2. The van der Waals surface area contributed by atoms with Gasteiger partial charge in [0.25, 0.3) is 0 Å². The number of rotatable bonds is 5. The Labute approximate surface area is 115 Å². The minimum Gasteiger partial charge on any atom is -0.384 e.